The van der Waals surface area contributed by atoms with Crippen molar-refractivity contribution in [2.75, 3.05) is 13.2 Å². The lowest BCUT2D eigenvalue weighted by molar-refractivity contribution is -0.216. The number of phosphoric acid groups is 2. The molecule has 0 amide bonds. The quantitative estimate of drug-likeness (QED) is 0.00927. The van der Waals surface area contributed by atoms with Gasteiger partial charge in [-0.2, -0.15) is 0 Å². The zero-order valence-corrected chi connectivity index (χ0v) is 44.3. The normalized spacial score (nSPS) is 21.9. The molecule has 1 aliphatic carbocycles. The van der Waals surface area contributed by atoms with Crippen LogP contribution in [0.5, 0.6) is 0 Å². The van der Waals surface area contributed by atoms with Crippen LogP contribution in [0.1, 0.15) is 181 Å². The van der Waals surface area contributed by atoms with Gasteiger partial charge < -0.3 is 49.7 Å². The third-order valence-corrected chi connectivity index (χ3v) is 13.1. The summed E-state index contributed by atoms with van der Waals surface area (Å²) in [6.07, 6.45) is 32.9. The fourth-order valence-electron chi connectivity index (χ4n) is 7.51. The molecule has 1 aliphatic rings. The summed E-state index contributed by atoms with van der Waals surface area (Å²) in [5.74, 6) is -1.42. The van der Waals surface area contributed by atoms with Crippen molar-refractivity contribution < 1.29 is 82.0 Å². The first kappa shape index (κ1) is 66.4. The largest absolute Gasteiger partial charge is 0.472 e. The molecule has 0 radical (unpaired) electrons. The Kier molecular flexibility index (Phi) is 39.0. The van der Waals surface area contributed by atoms with Gasteiger partial charge in [-0.3, -0.25) is 23.2 Å². The predicted octanol–water partition coefficient (Wildman–Crippen LogP) is 9.76. The van der Waals surface area contributed by atoms with Crippen LogP contribution in [-0.4, -0.2) is 114 Å². The van der Waals surface area contributed by atoms with E-state index in [2.05, 4.69) is 67.0 Å². The Labute approximate surface area is 424 Å². The van der Waals surface area contributed by atoms with E-state index in [1.165, 1.54) is 64.2 Å². The third kappa shape index (κ3) is 36.1. The van der Waals surface area contributed by atoms with E-state index >= 15 is 0 Å². The lowest BCUT2D eigenvalue weighted by Crippen LogP contribution is -2.64. The molecule has 71 heavy (non-hydrogen) atoms. The van der Waals surface area contributed by atoms with Gasteiger partial charge in [-0.25, -0.2) is 9.13 Å². The molecule has 17 nitrogen and oxygen atoms in total. The number of esters is 2. The Balaban J connectivity index is 2.63. The predicted molar refractivity (Wildman–Crippen MR) is 275 cm³/mol. The number of unbranched alkanes of at least 4 members (excludes halogenated alkanes) is 16. The van der Waals surface area contributed by atoms with Crippen molar-refractivity contribution in [2.24, 2.45) is 0 Å². The Morgan fingerprint density at radius 1 is 0.521 bits per heavy atom. The molecule has 9 atom stereocenters. The second-order valence-electron chi connectivity index (χ2n) is 18.1. The molecule has 6 unspecified atom stereocenters. The molecule has 0 saturated heterocycles. The maximum atomic E-state index is 13.0. The number of hydrogen-bond donors (Lipinski definition) is 8. The molecule has 19 heteroatoms. The molecule has 0 aromatic heterocycles. The number of aliphatic hydroxyl groups excluding tert-OH is 5. The van der Waals surface area contributed by atoms with Crippen LogP contribution in [0.4, 0.5) is 0 Å². The van der Waals surface area contributed by atoms with Gasteiger partial charge in [0.05, 0.1) is 12.7 Å². The molecule has 0 aromatic carbocycles. The fourth-order valence-corrected chi connectivity index (χ4v) is 9.05. The molecule has 410 valence electrons. The number of aliphatic hydroxyl groups is 5. The van der Waals surface area contributed by atoms with Gasteiger partial charge >= 0.3 is 27.6 Å². The van der Waals surface area contributed by atoms with Gasteiger partial charge in [-0.15, -0.1) is 0 Å². The monoisotopic (exact) mass is 1050 g/mol. The molecular formula is C52H90O17P2. The summed E-state index contributed by atoms with van der Waals surface area (Å²) in [5.41, 5.74) is 0. The van der Waals surface area contributed by atoms with Crippen molar-refractivity contribution in [1.82, 2.24) is 0 Å². The summed E-state index contributed by atoms with van der Waals surface area (Å²) < 4.78 is 49.3. The van der Waals surface area contributed by atoms with Crippen LogP contribution in [0.15, 0.2) is 72.9 Å². The van der Waals surface area contributed by atoms with E-state index in [1.807, 2.05) is 12.2 Å². The highest BCUT2D eigenvalue weighted by molar-refractivity contribution is 7.47. The van der Waals surface area contributed by atoms with Gasteiger partial charge in [-0.1, -0.05) is 164 Å². The van der Waals surface area contributed by atoms with Gasteiger partial charge in [0.2, 0.25) is 0 Å². The van der Waals surface area contributed by atoms with E-state index < -0.39 is 89.6 Å². The Morgan fingerprint density at radius 2 is 0.986 bits per heavy atom. The highest BCUT2D eigenvalue weighted by atomic mass is 31.2. The van der Waals surface area contributed by atoms with Crippen LogP contribution in [0, 0.1) is 0 Å². The third-order valence-electron chi connectivity index (χ3n) is 11.6. The number of hydrogen-bond acceptors (Lipinski definition) is 14. The van der Waals surface area contributed by atoms with E-state index in [0.29, 0.717) is 6.42 Å². The minimum absolute atomic E-state index is 0.0130. The molecule has 8 N–H and O–H groups in total. The van der Waals surface area contributed by atoms with Crippen molar-refractivity contribution in [1.29, 1.82) is 0 Å². The van der Waals surface area contributed by atoms with Gasteiger partial charge in [0.25, 0.3) is 0 Å². The minimum Gasteiger partial charge on any atom is -0.462 e. The van der Waals surface area contributed by atoms with Crippen LogP contribution < -0.4 is 0 Å². The van der Waals surface area contributed by atoms with Crippen molar-refractivity contribution in [2.45, 2.75) is 230 Å². The standard InChI is InChI=1S/C52H90O17P2/c1-3-5-7-9-11-13-15-17-18-19-20-21-22-23-25-27-29-31-33-35-39-46(55)67-44(42-66-71(63,64)69-52-49(58)47(56)48(57)51(50(52)59)68-70(60,61)62)41-65-45(54)40-36-38-43(53)37-34-32-30-28-26-24-16-14-12-10-8-6-4-2/h13,15,18-19,21-22,24,26,30,32,34,37,43-44,47-53,56-59H,3-12,14,16-17,20,23,25,27-29,31,33,35-36,38-42H2,1-2H3,(H,63,64)(H2,60,61,62)/b15-13-,19-18-,22-21-,26-24+,32-30+,37-34+/t43?,44-,47?,48?,49?,50?,51-,52+/m1/s1. The molecule has 1 rings (SSSR count). The van der Waals surface area contributed by atoms with Gasteiger partial charge in [-0.05, 0) is 77.0 Å². The maximum absolute atomic E-state index is 13.0. The first-order valence-electron chi connectivity index (χ1n) is 26.1. The van der Waals surface area contributed by atoms with Crippen LogP contribution >= 0.6 is 15.6 Å². The molecular weight excluding hydrogens is 959 g/mol. The Morgan fingerprint density at radius 3 is 1.54 bits per heavy atom. The molecule has 0 spiro atoms. The number of carbonyl (C=O) groups is 2. The summed E-state index contributed by atoms with van der Waals surface area (Å²) in [4.78, 5) is 54.4. The van der Waals surface area contributed by atoms with E-state index in [-0.39, 0.29) is 25.7 Å². The highest BCUT2D eigenvalue weighted by Gasteiger charge is 2.54. The number of allylic oxidation sites excluding steroid dienone is 11. The average molecular weight is 1050 g/mol. The Hall–Kier alpha value is -2.60. The summed E-state index contributed by atoms with van der Waals surface area (Å²) in [5, 5.41) is 51.7. The summed E-state index contributed by atoms with van der Waals surface area (Å²) in [7, 11) is -10.8. The zero-order valence-electron chi connectivity index (χ0n) is 42.5. The van der Waals surface area contributed by atoms with E-state index in [9.17, 15) is 58.9 Å². The van der Waals surface area contributed by atoms with Crippen molar-refractivity contribution in [3.05, 3.63) is 72.9 Å². The SMILES string of the molecule is CCCCCC/C=C\C/C=C\C/C=C\CCCCCCCCC(=O)O[C@H](COC(=O)CCCC(O)/C=C/C=C/C/C=C/CCCCCCCC)COP(=O)(O)O[C@H]1C(O)C(O)C(O)[C@@H](OP(=O)(O)O)C1O. The van der Waals surface area contributed by atoms with E-state index in [0.717, 1.165) is 70.6 Å². The number of rotatable bonds is 43. The summed E-state index contributed by atoms with van der Waals surface area (Å²) in [6, 6.07) is 0. The second kappa shape index (κ2) is 41.7. The van der Waals surface area contributed by atoms with Crippen LogP contribution in [-0.2, 0) is 41.8 Å². The number of carbonyl (C=O) groups excluding carboxylic acids is 2. The van der Waals surface area contributed by atoms with Gasteiger partial charge in [0, 0.05) is 12.8 Å². The maximum Gasteiger partial charge on any atom is 0.472 e. The van der Waals surface area contributed by atoms with Gasteiger partial charge in [0.15, 0.2) is 6.10 Å². The fraction of sp³-hybridized carbons (Fsp3) is 0.731. The lowest BCUT2D eigenvalue weighted by atomic mass is 9.85. The zero-order chi connectivity index (χ0) is 52.6. The van der Waals surface area contributed by atoms with Crippen molar-refractivity contribution in [3.8, 4) is 0 Å². The first-order chi connectivity index (χ1) is 34.0. The number of ether oxygens (including phenoxy) is 2. The molecule has 0 bridgehead atoms. The van der Waals surface area contributed by atoms with E-state index in [4.69, 9.17) is 18.5 Å². The van der Waals surface area contributed by atoms with Crippen LogP contribution in [0.3, 0.4) is 0 Å². The second-order valence-corrected chi connectivity index (χ2v) is 20.7. The smallest absolute Gasteiger partial charge is 0.462 e. The molecule has 0 heterocycles. The molecule has 1 saturated carbocycles. The summed E-state index contributed by atoms with van der Waals surface area (Å²) >= 11 is 0. The van der Waals surface area contributed by atoms with Crippen molar-refractivity contribution >= 4 is 27.6 Å². The highest BCUT2D eigenvalue weighted by Crippen LogP contribution is 2.49. The van der Waals surface area contributed by atoms with Gasteiger partial charge in [0.1, 0.15) is 43.2 Å². The molecule has 1 fully saturated rings. The molecule has 0 aromatic rings. The molecule has 0 aliphatic heterocycles. The average Bonchev–Trinajstić information content (AvgIpc) is 3.32. The topological polar surface area (TPSA) is 276 Å². The number of phosphoric ester groups is 2. The van der Waals surface area contributed by atoms with Crippen LogP contribution in [0.2, 0.25) is 0 Å². The first-order valence-corrected chi connectivity index (χ1v) is 29.1. The van der Waals surface area contributed by atoms with Crippen molar-refractivity contribution in [3.63, 3.8) is 0 Å². The minimum atomic E-state index is -5.39. The van der Waals surface area contributed by atoms with Crippen LogP contribution in [0.25, 0.3) is 0 Å². The van der Waals surface area contributed by atoms with E-state index in [1.54, 1.807) is 12.2 Å². The Bertz CT molecular complexity index is 1660. The summed E-state index contributed by atoms with van der Waals surface area (Å²) in [6.45, 7) is 2.92. The lowest BCUT2D eigenvalue weighted by Gasteiger charge is -2.43.